The molecule has 2 N–H and O–H groups in total. The van der Waals surface area contributed by atoms with Crippen LogP contribution < -0.4 is 5.73 Å². The maximum absolute atomic E-state index is 13.8. The normalized spacial score (nSPS) is 17.9. The van der Waals surface area contributed by atoms with Gasteiger partial charge in [-0.2, -0.15) is 0 Å². The van der Waals surface area contributed by atoms with Crippen LogP contribution >= 0.6 is 12.2 Å². The van der Waals surface area contributed by atoms with Crippen LogP contribution in [0.1, 0.15) is 37.8 Å². The van der Waals surface area contributed by atoms with Crippen molar-refractivity contribution in [3.63, 3.8) is 0 Å². The molecular formula is C15H19FN2OS. The molecule has 1 amide bonds. The molecule has 0 aliphatic heterocycles. The average molecular weight is 294 g/mol. The molecule has 0 radical (unpaired) electrons. The topological polar surface area (TPSA) is 46.3 Å². The van der Waals surface area contributed by atoms with E-state index in [9.17, 15) is 9.18 Å². The lowest BCUT2D eigenvalue weighted by Crippen LogP contribution is -2.53. The van der Waals surface area contributed by atoms with Gasteiger partial charge in [0.2, 0.25) is 5.91 Å². The molecule has 0 aromatic heterocycles. The van der Waals surface area contributed by atoms with Crippen molar-refractivity contribution in [2.45, 2.75) is 32.2 Å². The summed E-state index contributed by atoms with van der Waals surface area (Å²) >= 11 is 5.06. The molecule has 20 heavy (non-hydrogen) atoms. The second-order valence-corrected chi connectivity index (χ2v) is 5.85. The fraction of sp³-hybridized carbons (Fsp3) is 0.467. The molecular weight excluding hydrogens is 275 g/mol. The van der Waals surface area contributed by atoms with Crippen molar-refractivity contribution in [1.82, 2.24) is 4.90 Å². The number of hydrogen-bond acceptors (Lipinski definition) is 2. The Morgan fingerprint density at radius 2 is 2.05 bits per heavy atom. The van der Waals surface area contributed by atoms with Gasteiger partial charge in [-0.1, -0.05) is 36.8 Å². The Morgan fingerprint density at radius 3 is 2.50 bits per heavy atom. The van der Waals surface area contributed by atoms with Crippen LogP contribution in [0.25, 0.3) is 0 Å². The van der Waals surface area contributed by atoms with E-state index in [0.717, 1.165) is 6.42 Å². The highest BCUT2D eigenvalue weighted by atomic mass is 32.1. The zero-order valence-corrected chi connectivity index (χ0v) is 12.5. The SMILES string of the molecule is CC(c1ccccc1F)N(C)C(=O)C1(C(N)=S)CCC1. The number of amides is 1. The molecule has 1 fully saturated rings. The number of carbonyl (C=O) groups excluding carboxylic acids is 1. The molecule has 108 valence electrons. The highest BCUT2D eigenvalue weighted by molar-refractivity contribution is 7.80. The van der Waals surface area contributed by atoms with E-state index in [1.807, 2.05) is 6.92 Å². The number of carbonyl (C=O) groups is 1. The Morgan fingerprint density at radius 1 is 1.45 bits per heavy atom. The summed E-state index contributed by atoms with van der Waals surface area (Å²) < 4.78 is 13.8. The summed E-state index contributed by atoms with van der Waals surface area (Å²) in [5.41, 5.74) is 5.53. The molecule has 0 spiro atoms. The molecule has 1 aromatic rings. The number of halogens is 1. The first kappa shape index (κ1) is 14.9. The van der Waals surface area contributed by atoms with Gasteiger partial charge in [-0.15, -0.1) is 0 Å². The van der Waals surface area contributed by atoms with Crippen molar-refractivity contribution in [1.29, 1.82) is 0 Å². The summed E-state index contributed by atoms with van der Waals surface area (Å²) in [6, 6.07) is 6.14. The second-order valence-electron chi connectivity index (χ2n) is 5.41. The Labute approximate surface area is 123 Å². The highest BCUT2D eigenvalue weighted by Crippen LogP contribution is 2.43. The van der Waals surface area contributed by atoms with Crippen molar-refractivity contribution in [2.24, 2.45) is 11.1 Å². The molecule has 3 nitrogen and oxygen atoms in total. The van der Waals surface area contributed by atoms with Gasteiger partial charge in [0, 0.05) is 12.6 Å². The van der Waals surface area contributed by atoms with Crippen molar-refractivity contribution in [3.05, 3.63) is 35.6 Å². The third kappa shape index (κ3) is 2.30. The Kier molecular flexibility index (Phi) is 4.09. The van der Waals surface area contributed by atoms with Crippen molar-refractivity contribution >= 4 is 23.1 Å². The Hall–Kier alpha value is -1.49. The van der Waals surface area contributed by atoms with Gasteiger partial charge in [-0.25, -0.2) is 4.39 Å². The number of nitrogens with two attached hydrogens (primary N) is 1. The first-order valence-electron chi connectivity index (χ1n) is 6.72. The molecule has 1 aliphatic rings. The quantitative estimate of drug-likeness (QED) is 0.869. The minimum atomic E-state index is -0.719. The summed E-state index contributed by atoms with van der Waals surface area (Å²) in [4.78, 5) is 14.5. The minimum absolute atomic E-state index is 0.105. The predicted molar refractivity (Wildman–Crippen MR) is 80.7 cm³/mol. The Balaban J connectivity index is 2.23. The molecule has 0 bridgehead atoms. The standard InChI is InChI=1S/C15H19FN2OS/c1-10(11-6-3-4-7-12(11)16)18(2)14(19)15(13(17)20)8-5-9-15/h3-4,6-7,10H,5,8-9H2,1-2H3,(H2,17,20). The summed E-state index contributed by atoms with van der Waals surface area (Å²) in [5.74, 6) is -0.412. The van der Waals surface area contributed by atoms with Crippen LogP contribution in [0.4, 0.5) is 4.39 Å². The van der Waals surface area contributed by atoms with Crippen molar-refractivity contribution in [2.75, 3.05) is 7.05 Å². The van der Waals surface area contributed by atoms with Gasteiger partial charge in [0.15, 0.2) is 0 Å². The zero-order valence-electron chi connectivity index (χ0n) is 11.7. The molecule has 5 heteroatoms. The first-order valence-corrected chi connectivity index (χ1v) is 7.12. The van der Waals surface area contributed by atoms with Gasteiger partial charge in [0.1, 0.15) is 5.82 Å². The van der Waals surface area contributed by atoms with Gasteiger partial charge in [0.05, 0.1) is 16.4 Å². The molecule has 2 rings (SSSR count). The van der Waals surface area contributed by atoms with E-state index >= 15 is 0 Å². The Bertz CT molecular complexity index is 542. The van der Waals surface area contributed by atoms with E-state index in [4.69, 9.17) is 18.0 Å². The summed E-state index contributed by atoms with van der Waals surface area (Å²) in [5, 5.41) is 0. The number of rotatable bonds is 4. The van der Waals surface area contributed by atoms with Crippen molar-refractivity contribution < 1.29 is 9.18 Å². The third-order valence-corrected chi connectivity index (χ3v) is 4.74. The van der Waals surface area contributed by atoms with Gasteiger partial charge < -0.3 is 10.6 Å². The maximum Gasteiger partial charge on any atom is 0.235 e. The lowest BCUT2D eigenvalue weighted by molar-refractivity contribution is -0.142. The van der Waals surface area contributed by atoms with E-state index < -0.39 is 5.41 Å². The molecule has 1 unspecified atom stereocenters. The van der Waals surface area contributed by atoms with E-state index in [2.05, 4.69) is 0 Å². The molecule has 1 aromatic carbocycles. The molecule has 0 saturated heterocycles. The summed E-state index contributed by atoms with van der Waals surface area (Å²) in [6.07, 6.45) is 2.33. The van der Waals surface area contributed by atoms with Gasteiger partial charge >= 0.3 is 0 Å². The average Bonchev–Trinajstić information content (AvgIpc) is 2.35. The van der Waals surface area contributed by atoms with E-state index in [1.165, 1.54) is 6.07 Å². The fourth-order valence-electron chi connectivity index (χ4n) is 2.63. The van der Waals surface area contributed by atoms with Crippen LogP contribution in [0.15, 0.2) is 24.3 Å². The molecule has 1 aliphatic carbocycles. The predicted octanol–water partition coefficient (Wildman–Crippen LogP) is 2.80. The highest BCUT2D eigenvalue weighted by Gasteiger charge is 2.49. The van der Waals surface area contributed by atoms with Crippen LogP contribution in [0.5, 0.6) is 0 Å². The van der Waals surface area contributed by atoms with E-state index in [0.29, 0.717) is 18.4 Å². The molecule has 1 atom stereocenters. The third-order valence-electron chi connectivity index (χ3n) is 4.34. The first-order chi connectivity index (χ1) is 9.40. The summed E-state index contributed by atoms with van der Waals surface area (Å²) in [6.45, 7) is 1.81. The van der Waals surface area contributed by atoms with Crippen molar-refractivity contribution in [3.8, 4) is 0 Å². The van der Waals surface area contributed by atoms with Crippen LogP contribution in [-0.2, 0) is 4.79 Å². The van der Waals surface area contributed by atoms with Crippen LogP contribution in [0.2, 0.25) is 0 Å². The number of benzene rings is 1. The lowest BCUT2D eigenvalue weighted by Gasteiger charge is -2.43. The zero-order chi connectivity index (χ0) is 14.9. The molecule has 0 heterocycles. The minimum Gasteiger partial charge on any atom is -0.392 e. The van der Waals surface area contributed by atoms with E-state index in [-0.39, 0.29) is 22.8 Å². The monoisotopic (exact) mass is 294 g/mol. The maximum atomic E-state index is 13.8. The number of hydrogen-bond donors (Lipinski definition) is 1. The van der Waals surface area contributed by atoms with Gasteiger partial charge in [-0.05, 0) is 25.8 Å². The number of nitrogens with zero attached hydrogens (tertiary/aromatic N) is 1. The van der Waals surface area contributed by atoms with Gasteiger partial charge in [0.25, 0.3) is 0 Å². The van der Waals surface area contributed by atoms with Gasteiger partial charge in [-0.3, -0.25) is 4.79 Å². The second kappa shape index (κ2) is 5.48. The number of thiocarbonyl (C=S) groups is 1. The summed E-state index contributed by atoms with van der Waals surface area (Å²) in [7, 11) is 1.68. The lowest BCUT2D eigenvalue weighted by atomic mass is 9.67. The smallest absolute Gasteiger partial charge is 0.235 e. The van der Waals surface area contributed by atoms with Crippen LogP contribution in [0, 0.1) is 11.2 Å². The largest absolute Gasteiger partial charge is 0.392 e. The van der Waals surface area contributed by atoms with Crippen LogP contribution in [0.3, 0.4) is 0 Å². The molecule has 1 saturated carbocycles. The van der Waals surface area contributed by atoms with E-state index in [1.54, 1.807) is 30.1 Å². The fourth-order valence-corrected chi connectivity index (χ4v) is 2.92. The van der Waals surface area contributed by atoms with Crippen LogP contribution in [-0.4, -0.2) is 22.8 Å².